The monoisotopic (exact) mass is 474 g/mol. The number of benzene rings is 1. The molecule has 0 bridgehead atoms. The van der Waals surface area contributed by atoms with Gasteiger partial charge in [0.1, 0.15) is 0 Å². The van der Waals surface area contributed by atoms with Gasteiger partial charge in [-0.25, -0.2) is 9.78 Å². The maximum Gasteiger partial charge on any atom is 0.338 e. The van der Waals surface area contributed by atoms with Gasteiger partial charge in [0.25, 0.3) is 0 Å². The van der Waals surface area contributed by atoms with Gasteiger partial charge in [-0.15, -0.1) is 23.1 Å². The van der Waals surface area contributed by atoms with Crippen molar-refractivity contribution in [2.75, 3.05) is 12.8 Å². The lowest BCUT2D eigenvalue weighted by Crippen LogP contribution is -2.16. The summed E-state index contributed by atoms with van der Waals surface area (Å²) in [5, 5.41) is 15.7. The number of aldehydes is 1. The van der Waals surface area contributed by atoms with Crippen molar-refractivity contribution >= 4 is 40.9 Å². The van der Waals surface area contributed by atoms with Crippen LogP contribution in [0.3, 0.4) is 0 Å². The lowest BCUT2D eigenvalue weighted by molar-refractivity contribution is -0.132. The van der Waals surface area contributed by atoms with E-state index in [1.54, 1.807) is 7.05 Å². The minimum absolute atomic E-state index is 0.359. The summed E-state index contributed by atoms with van der Waals surface area (Å²) in [6.07, 6.45) is 5.29. The lowest BCUT2D eigenvalue weighted by atomic mass is 9.97. The molecular formula is C25H34N2O3S2. The van der Waals surface area contributed by atoms with Crippen LogP contribution in [0.4, 0.5) is 0 Å². The van der Waals surface area contributed by atoms with Crippen LogP contribution in [0.2, 0.25) is 0 Å². The van der Waals surface area contributed by atoms with Crippen molar-refractivity contribution in [2.24, 2.45) is 0 Å². The number of carboxylic acid groups (broad SMARTS) is 1. The smallest absolute Gasteiger partial charge is 0.338 e. The Morgan fingerprint density at radius 3 is 2.25 bits per heavy atom. The molecule has 1 aromatic heterocycles. The molecule has 0 saturated heterocycles. The third-order valence-corrected chi connectivity index (χ3v) is 6.27. The fourth-order valence-electron chi connectivity index (χ4n) is 2.83. The minimum Gasteiger partial charge on any atom is -0.478 e. The SMILES string of the molecule is CC.CC.CNC1=C(C(=O)O)C(c2ccc(C)cc2)=CCS1.O=Cc1nc(C2CC2)cs1. The van der Waals surface area contributed by atoms with Crippen molar-refractivity contribution < 1.29 is 14.7 Å². The maximum absolute atomic E-state index is 11.4. The molecule has 1 saturated carbocycles. The van der Waals surface area contributed by atoms with Gasteiger partial charge >= 0.3 is 5.97 Å². The second kappa shape index (κ2) is 14.6. The van der Waals surface area contributed by atoms with Gasteiger partial charge in [-0.05, 0) is 30.9 Å². The van der Waals surface area contributed by atoms with E-state index in [1.807, 2.05) is 70.3 Å². The third kappa shape index (κ3) is 7.95. The van der Waals surface area contributed by atoms with Crippen molar-refractivity contribution in [3.63, 3.8) is 0 Å². The molecule has 1 aromatic carbocycles. The highest BCUT2D eigenvalue weighted by Crippen LogP contribution is 2.40. The molecule has 0 unspecified atom stereocenters. The van der Waals surface area contributed by atoms with Gasteiger partial charge in [0.2, 0.25) is 0 Å². The molecule has 5 nitrogen and oxygen atoms in total. The summed E-state index contributed by atoms with van der Waals surface area (Å²) in [6.45, 7) is 10.0. The van der Waals surface area contributed by atoms with Crippen LogP contribution in [-0.4, -0.2) is 35.1 Å². The first kappa shape index (κ1) is 27.7. The normalized spacial score (nSPS) is 14.4. The molecule has 1 aliphatic heterocycles. The number of carbonyl (C=O) groups excluding carboxylic acids is 1. The molecule has 1 fully saturated rings. The summed E-state index contributed by atoms with van der Waals surface area (Å²) >= 11 is 2.95. The number of hydrogen-bond acceptors (Lipinski definition) is 6. The van der Waals surface area contributed by atoms with E-state index in [4.69, 9.17) is 0 Å². The Kier molecular flexibility index (Phi) is 12.7. The Morgan fingerprint density at radius 2 is 1.78 bits per heavy atom. The van der Waals surface area contributed by atoms with E-state index in [0.29, 0.717) is 16.5 Å². The van der Waals surface area contributed by atoms with Crippen LogP contribution in [0.5, 0.6) is 0 Å². The molecule has 2 N–H and O–H groups in total. The zero-order valence-corrected chi connectivity index (χ0v) is 21.4. The van der Waals surface area contributed by atoms with E-state index in [0.717, 1.165) is 33.9 Å². The average Bonchev–Trinajstić information content (AvgIpc) is 3.58. The van der Waals surface area contributed by atoms with E-state index in [1.165, 1.54) is 41.5 Å². The molecule has 2 aromatic rings. The van der Waals surface area contributed by atoms with Gasteiger partial charge in [-0.1, -0.05) is 63.6 Å². The molecule has 0 spiro atoms. The standard InChI is InChI=1S/C14H15NO2S.C7H7NOS.2C2H6/c1-9-3-5-10(6-4-9)11-7-8-18-13(15-2)12(11)14(16)17;9-3-7-8-6(4-10-7)5-1-2-5;2*1-2/h3-7,15H,8H2,1-2H3,(H,16,17);3-5H,1-2H2;2*1-2H3. The Balaban J connectivity index is 0.000000308. The predicted molar refractivity (Wildman–Crippen MR) is 138 cm³/mol. The first-order valence-electron chi connectivity index (χ1n) is 11.0. The minimum atomic E-state index is -0.890. The van der Waals surface area contributed by atoms with Crippen LogP contribution in [-0.2, 0) is 4.79 Å². The molecule has 1 aliphatic carbocycles. The summed E-state index contributed by atoms with van der Waals surface area (Å²) in [7, 11) is 1.75. The Labute approximate surface area is 200 Å². The van der Waals surface area contributed by atoms with Gasteiger partial charge in [0.15, 0.2) is 11.3 Å². The van der Waals surface area contributed by atoms with Crippen molar-refractivity contribution in [2.45, 2.75) is 53.4 Å². The van der Waals surface area contributed by atoms with Gasteiger partial charge in [-0.2, -0.15) is 0 Å². The second-order valence-electron chi connectivity index (χ2n) is 6.56. The number of carbonyl (C=O) groups is 2. The number of aryl methyl sites for hydroxylation is 1. The van der Waals surface area contributed by atoms with Gasteiger partial charge in [0.05, 0.1) is 16.3 Å². The Hall–Kier alpha value is -2.38. The second-order valence-corrected chi connectivity index (χ2v) is 8.48. The van der Waals surface area contributed by atoms with Crippen LogP contribution in [0.1, 0.15) is 73.1 Å². The van der Waals surface area contributed by atoms with Crippen molar-refractivity contribution in [1.29, 1.82) is 0 Å². The number of nitrogens with one attached hydrogen (secondary N) is 1. The van der Waals surface area contributed by atoms with Gasteiger partial charge in [0, 0.05) is 24.1 Å². The van der Waals surface area contributed by atoms with Crippen LogP contribution >= 0.6 is 23.1 Å². The largest absolute Gasteiger partial charge is 0.478 e. The number of aromatic nitrogens is 1. The summed E-state index contributed by atoms with van der Waals surface area (Å²) < 4.78 is 0. The quantitative estimate of drug-likeness (QED) is 0.480. The molecule has 7 heteroatoms. The third-order valence-electron chi connectivity index (χ3n) is 4.45. The Morgan fingerprint density at radius 1 is 1.16 bits per heavy atom. The van der Waals surface area contributed by atoms with Crippen LogP contribution in [0, 0.1) is 6.92 Å². The zero-order valence-electron chi connectivity index (χ0n) is 19.8. The summed E-state index contributed by atoms with van der Waals surface area (Å²) in [5.41, 5.74) is 4.39. The van der Waals surface area contributed by atoms with Gasteiger partial charge < -0.3 is 10.4 Å². The van der Waals surface area contributed by atoms with Crippen molar-refractivity contribution in [1.82, 2.24) is 10.3 Å². The molecule has 32 heavy (non-hydrogen) atoms. The molecule has 2 heterocycles. The number of aliphatic carboxylic acids is 1. The summed E-state index contributed by atoms with van der Waals surface area (Å²) in [4.78, 5) is 25.8. The van der Waals surface area contributed by atoms with Crippen LogP contribution in [0.15, 0.2) is 46.3 Å². The average molecular weight is 475 g/mol. The fraction of sp³-hybridized carbons (Fsp3) is 0.400. The number of thioether (sulfide) groups is 1. The zero-order chi connectivity index (χ0) is 24.1. The van der Waals surface area contributed by atoms with E-state index in [9.17, 15) is 14.7 Å². The first-order valence-corrected chi connectivity index (χ1v) is 12.9. The predicted octanol–water partition coefficient (Wildman–Crippen LogP) is 6.53. The van der Waals surface area contributed by atoms with E-state index >= 15 is 0 Å². The number of rotatable bonds is 5. The highest BCUT2D eigenvalue weighted by Gasteiger charge is 2.26. The fourth-order valence-corrected chi connectivity index (χ4v) is 4.43. The topological polar surface area (TPSA) is 79.3 Å². The lowest BCUT2D eigenvalue weighted by Gasteiger charge is -2.19. The highest BCUT2D eigenvalue weighted by atomic mass is 32.2. The molecular weight excluding hydrogens is 440 g/mol. The van der Waals surface area contributed by atoms with Gasteiger partial charge in [-0.3, -0.25) is 4.79 Å². The van der Waals surface area contributed by atoms with Crippen molar-refractivity contribution in [3.05, 3.63) is 68.2 Å². The summed E-state index contributed by atoms with van der Waals surface area (Å²) in [5.74, 6) is 0.569. The molecule has 0 radical (unpaired) electrons. The molecule has 4 rings (SSSR count). The number of carboxylic acids is 1. The number of thiazole rings is 1. The molecule has 0 atom stereocenters. The first-order chi connectivity index (χ1) is 15.5. The summed E-state index contributed by atoms with van der Waals surface area (Å²) in [6, 6.07) is 7.92. The van der Waals surface area contributed by atoms with E-state index in [-0.39, 0.29) is 0 Å². The highest BCUT2D eigenvalue weighted by molar-refractivity contribution is 8.03. The Bertz CT molecular complexity index is 927. The van der Waals surface area contributed by atoms with Crippen LogP contribution in [0.25, 0.3) is 5.57 Å². The van der Waals surface area contributed by atoms with Crippen LogP contribution < -0.4 is 5.32 Å². The number of nitrogens with zero attached hydrogens (tertiary/aromatic N) is 1. The number of hydrogen-bond donors (Lipinski definition) is 2. The van der Waals surface area contributed by atoms with E-state index in [2.05, 4.69) is 10.3 Å². The molecule has 0 amide bonds. The molecule has 2 aliphatic rings. The van der Waals surface area contributed by atoms with E-state index < -0.39 is 5.97 Å². The maximum atomic E-state index is 11.4. The van der Waals surface area contributed by atoms with Crippen molar-refractivity contribution in [3.8, 4) is 0 Å². The molecule has 174 valence electrons.